The van der Waals surface area contributed by atoms with E-state index in [9.17, 15) is 4.79 Å². The van der Waals surface area contributed by atoms with Crippen molar-refractivity contribution in [2.24, 2.45) is 0 Å². The van der Waals surface area contributed by atoms with Crippen molar-refractivity contribution in [1.29, 1.82) is 0 Å². The summed E-state index contributed by atoms with van der Waals surface area (Å²) in [6, 6.07) is 11.6. The number of aliphatic hydroxyl groups is 1. The second kappa shape index (κ2) is 6.87. The molecule has 1 amide bonds. The smallest absolute Gasteiger partial charge is 0.242 e. The van der Waals surface area contributed by atoms with E-state index in [0.717, 1.165) is 35.6 Å². The third-order valence-electron chi connectivity index (χ3n) is 3.98. The van der Waals surface area contributed by atoms with Crippen LogP contribution in [0.1, 0.15) is 29.9 Å². The van der Waals surface area contributed by atoms with Gasteiger partial charge in [-0.15, -0.1) is 0 Å². The Kier molecular flexibility index (Phi) is 4.67. The maximum Gasteiger partial charge on any atom is 0.242 e. The van der Waals surface area contributed by atoms with Crippen LogP contribution in [0.2, 0.25) is 0 Å². The molecule has 1 aliphatic carbocycles. The van der Waals surface area contributed by atoms with Crippen LogP contribution in [-0.2, 0) is 17.9 Å². The van der Waals surface area contributed by atoms with Crippen LogP contribution in [-0.4, -0.2) is 28.5 Å². The molecular weight excluding hydrogens is 292 g/mol. The summed E-state index contributed by atoms with van der Waals surface area (Å²) in [4.78, 5) is 14.4. The van der Waals surface area contributed by atoms with Crippen molar-refractivity contribution in [3.05, 3.63) is 53.5 Å². The molecule has 5 heteroatoms. The lowest BCUT2D eigenvalue weighted by Gasteiger charge is -2.22. The number of aryl methyl sites for hydroxylation is 1. The van der Waals surface area contributed by atoms with E-state index in [0.29, 0.717) is 12.6 Å². The van der Waals surface area contributed by atoms with Gasteiger partial charge in [-0.25, -0.2) is 0 Å². The van der Waals surface area contributed by atoms with Crippen molar-refractivity contribution in [3.63, 3.8) is 0 Å². The van der Waals surface area contributed by atoms with E-state index in [1.54, 1.807) is 0 Å². The van der Waals surface area contributed by atoms with Gasteiger partial charge in [-0.3, -0.25) is 4.79 Å². The Bertz CT molecular complexity index is 676. The lowest BCUT2D eigenvalue weighted by Crippen LogP contribution is -2.36. The summed E-state index contributed by atoms with van der Waals surface area (Å²) in [6.45, 7) is 2.67. The van der Waals surface area contributed by atoms with Crippen molar-refractivity contribution in [2.75, 3.05) is 11.9 Å². The predicted molar refractivity (Wildman–Crippen MR) is 87.9 cm³/mol. The molecule has 0 bridgehead atoms. The molecule has 0 unspecified atom stereocenters. The number of carbonyl (C=O) groups is 1. The molecule has 0 spiro atoms. The molecule has 1 aromatic carbocycles. The van der Waals surface area contributed by atoms with Crippen LogP contribution in [0.3, 0.4) is 0 Å². The number of amides is 1. The standard InChI is InChI=1S/C18H22N2O3/c1-13-5-8-17(23-13)11-20(16-6-7-16)18(22)10-19-15-4-2-3-14(9-15)12-21/h2-5,8-9,16,19,21H,6-7,10-12H2,1H3. The molecule has 23 heavy (non-hydrogen) atoms. The molecule has 1 saturated carbocycles. The zero-order valence-electron chi connectivity index (χ0n) is 13.3. The maximum absolute atomic E-state index is 12.5. The summed E-state index contributed by atoms with van der Waals surface area (Å²) in [5.41, 5.74) is 1.67. The third-order valence-corrected chi connectivity index (χ3v) is 3.98. The predicted octanol–water partition coefficient (Wildman–Crippen LogP) is 2.68. The number of carbonyl (C=O) groups excluding carboxylic acids is 1. The molecule has 1 fully saturated rings. The van der Waals surface area contributed by atoms with E-state index < -0.39 is 0 Å². The molecule has 2 N–H and O–H groups in total. The highest BCUT2D eigenvalue weighted by molar-refractivity contribution is 5.81. The summed E-state index contributed by atoms with van der Waals surface area (Å²) >= 11 is 0. The number of benzene rings is 1. The van der Waals surface area contributed by atoms with Gasteiger partial charge in [-0.2, -0.15) is 0 Å². The normalized spacial score (nSPS) is 13.8. The molecule has 0 aliphatic heterocycles. The Morgan fingerprint density at radius 3 is 2.83 bits per heavy atom. The van der Waals surface area contributed by atoms with Crippen molar-refractivity contribution < 1.29 is 14.3 Å². The molecule has 1 aromatic heterocycles. The average molecular weight is 314 g/mol. The number of anilines is 1. The molecule has 0 radical (unpaired) electrons. The van der Waals surface area contributed by atoms with E-state index >= 15 is 0 Å². The lowest BCUT2D eigenvalue weighted by atomic mass is 10.2. The van der Waals surface area contributed by atoms with Crippen molar-refractivity contribution in [3.8, 4) is 0 Å². The van der Waals surface area contributed by atoms with Crippen LogP contribution in [0.5, 0.6) is 0 Å². The number of hydrogen-bond donors (Lipinski definition) is 2. The summed E-state index contributed by atoms with van der Waals surface area (Å²) < 4.78 is 5.59. The number of hydrogen-bond acceptors (Lipinski definition) is 4. The first kappa shape index (κ1) is 15.6. The highest BCUT2D eigenvalue weighted by atomic mass is 16.3. The minimum Gasteiger partial charge on any atom is -0.464 e. The van der Waals surface area contributed by atoms with E-state index in [2.05, 4.69) is 5.32 Å². The van der Waals surface area contributed by atoms with Gasteiger partial charge in [-0.05, 0) is 49.6 Å². The quantitative estimate of drug-likeness (QED) is 0.824. The minimum atomic E-state index is -0.00445. The van der Waals surface area contributed by atoms with Crippen LogP contribution < -0.4 is 5.32 Å². The van der Waals surface area contributed by atoms with Gasteiger partial charge in [-0.1, -0.05) is 12.1 Å². The molecular formula is C18H22N2O3. The lowest BCUT2D eigenvalue weighted by molar-refractivity contribution is -0.130. The second-order valence-corrected chi connectivity index (χ2v) is 5.98. The van der Waals surface area contributed by atoms with Gasteiger partial charge in [0, 0.05) is 11.7 Å². The van der Waals surface area contributed by atoms with Gasteiger partial charge in [0.15, 0.2) is 0 Å². The highest BCUT2D eigenvalue weighted by Gasteiger charge is 2.32. The Hall–Kier alpha value is -2.27. The van der Waals surface area contributed by atoms with Crippen LogP contribution in [0.15, 0.2) is 40.8 Å². The highest BCUT2D eigenvalue weighted by Crippen LogP contribution is 2.28. The number of aliphatic hydroxyl groups excluding tert-OH is 1. The van der Waals surface area contributed by atoms with Crippen molar-refractivity contribution >= 4 is 11.6 Å². The Balaban J connectivity index is 1.60. The Morgan fingerprint density at radius 2 is 2.17 bits per heavy atom. The van der Waals surface area contributed by atoms with Crippen molar-refractivity contribution in [1.82, 2.24) is 4.90 Å². The zero-order chi connectivity index (χ0) is 16.2. The fourth-order valence-corrected chi connectivity index (χ4v) is 2.60. The molecule has 0 saturated heterocycles. The third kappa shape index (κ3) is 4.13. The Morgan fingerprint density at radius 1 is 1.35 bits per heavy atom. The second-order valence-electron chi connectivity index (χ2n) is 5.98. The first-order valence-electron chi connectivity index (χ1n) is 7.94. The van der Waals surface area contributed by atoms with Gasteiger partial charge in [0.2, 0.25) is 5.91 Å². The molecule has 5 nitrogen and oxygen atoms in total. The summed E-state index contributed by atoms with van der Waals surface area (Å²) in [7, 11) is 0. The van der Waals surface area contributed by atoms with Crippen LogP contribution in [0.4, 0.5) is 5.69 Å². The van der Waals surface area contributed by atoms with Gasteiger partial charge in [0.05, 0.1) is 19.7 Å². The number of rotatable bonds is 7. The molecule has 122 valence electrons. The van der Waals surface area contributed by atoms with E-state index in [1.807, 2.05) is 48.2 Å². The van der Waals surface area contributed by atoms with Gasteiger partial charge in [0.25, 0.3) is 0 Å². The van der Waals surface area contributed by atoms with Gasteiger partial charge in [0.1, 0.15) is 11.5 Å². The fourth-order valence-electron chi connectivity index (χ4n) is 2.60. The van der Waals surface area contributed by atoms with Crippen LogP contribution in [0.25, 0.3) is 0 Å². The Labute approximate surface area is 135 Å². The number of furan rings is 1. The van der Waals surface area contributed by atoms with Gasteiger partial charge >= 0.3 is 0 Å². The SMILES string of the molecule is Cc1ccc(CN(C(=O)CNc2cccc(CO)c2)C2CC2)o1. The molecule has 3 rings (SSSR count). The van der Waals surface area contributed by atoms with E-state index in [1.165, 1.54) is 0 Å². The first-order valence-corrected chi connectivity index (χ1v) is 7.94. The fraction of sp³-hybridized carbons (Fsp3) is 0.389. The number of nitrogens with one attached hydrogen (secondary N) is 1. The van der Waals surface area contributed by atoms with E-state index in [4.69, 9.17) is 9.52 Å². The maximum atomic E-state index is 12.5. The largest absolute Gasteiger partial charge is 0.464 e. The van der Waals surface area contributed by atoms with E-state index in [-0.39, 0.29) is 19.1 Å². The molecule has 1 heterocycles. The summed E-state index contributed by atoms with van der Waals surface area (Å²) in [6.07, 6.45) is 2.12. The molecule has 0 atom stereocenters. The van der Waals surface area contributed by atoms with Crippen molar-refractivity contribution in [2.45, 2.75) is 39.0 Å². The summed E-state index contributed by atoms with van der Waals surface area (Å²) in [5.74, 6) is 1.75. The first-order chi connectivity index (χ1) is 11.2. The molecule has 1 aliphatic rings. The monoisotopic (exact) mass is 314 g/mol. The number of nitrogens with zero attached hydrogens (tertiary/aromatic N) is 1. The topological polar surface area (TPSA) is 65.7 Å². The molecule has 2 aromatic rings. The van der Waals surface area contributed by atoms with Crippen LogP contribution >= 0.6 is 0 Å². The minimum absolute atomic E-state index is 0.00445. The van der Waals surface area contributed by atoms with Gasteiger partial charge < -0.3 is 19.7 Å². The van der Waals surface area contributed by atoms with Crippen LogP contribution in [0, 0.1) is 6.92 Å². The summed E-state index contributed by atoms with van der Waals surface area (Å²) in [5, 5.41) is 12.3. The zero-order valence-corrected chi connectivity index (χ0v) is 13.3. The average Bonchev–Trinajstić information content (AvgIpc) is 3.32.